The van der Waals surface area contributed by atoms with Crippen LogP contribution in [-0.2, 0) is 23.5 Å². The van der Waals surface area contributed by atoms with Gasteiger partial charge in [0.2, 0.25) is 0 Å². The number of unbranched alkanes of at least 4 members (excludes halogenated alkanes) is 13. The summed E-state index contributed by atoms with van der Waals surface area (Å²) in [5, 5.41) is 0. The van der Waals surface area contributed by atoms with E-state index in [4.69, 9.17) is 0 Å². The second kappa shape index (κ2) is 20.1. The molecule has 30 heavy (non-hydrogen) atoms. The molecule has 0 bridgehead atoms. The SMILES string of the molecule is CCCCCCCCCCCCCCCCc1c[c-](C)c(C)c1C.[Fe+2].c1cc[cH-]c1. The summed E-state index contributed by atoms with van der Waals surface area (Å²) in [6.45, 7) is 9.10. The molecule has 0 amide bonds. The van der Waals surface area contributed by atoms with Gasteiger partial charge in [-0.05, 0) is 0 Å². The van der Waals surface area contributed by atoms with Gasteiger partial charge in [-0.3, -0.25) is 0 Å². The second-order valence-corrected chi connectivity index (χ2v) is 8.91. The molecule has 0 heterocycles. The molecule has 2 rings (SSSR count). The van der Waals surface area contributed by atoms with Crippen LogP contribution >= 0.6 is 0 Å². The quantitative estimate of drug-likeness (QED) is 0.143. The minimum atomic E-state index is 0. The van der Waals surface area contributed by atoms with Gasteiger partial charge in [0.15, 0.2) is 0 Å². The van der Waals surface area contributed by atoms with Gasteiger partial charge in [-0.1, -0.05) is 124 Å². The van der Waals surface area contributed by atoms with Gasteiger partial charge in [0.05, 0.1) is 0 Å². The van der Waals surface area contributed by atoms with Crippen molar-refractivity contribution in [2.45, 2.75) is 124 Å². The van der Waals surface area contributed by atoms with E-state index in [-0.39, 0.29) is 17.1 Å². The molecule has 0 atom stereocenters. The van der Waals surface area contributed by atoms with Gasteiger partial charge in [0, 0.05) is 0 Å². The van der Waals surface area contributed by atoms with Crippen molar-refractivity contribution in [3.63, 3.8) is 0 Å². The minimum Gasteiger partial charge on any atom is -0.214 e. The van der Waals surface area contributed by atoms with Crippen molar-refractivity contribution in [1.29, 1.82) is 0 Å². The molecule has 2 aromatic rings. The number of hydrogen-bond acceptors (Lipinski definition) is 0. The van der Waals surface area contributed by atoms with Crippen molar-refractivity contribution in [3.8, 4) is 0 Å². The summed E-state index contributed by atoms with van der Waals surface area (Å²) in [7, 11) is 0. The molecule has 0 aliphatic heterocycles. The van der Waals surface area contributed by atoms with E-state index in [1.165, 1.54) is 107 Å². The Balaban J connectivity index is 0.00000122. The third-order valence-corrected chi connectivity index (χ3v) is 6.38. The maximum Gasteiger partial charge on any atom is 2.00 e. The van der Waals surface area contributed by atoms with Crippen molar-refractivity contribution < 1.29 is 17.1 Å². The Morgan fingerprint density at radius 2 is 1.13 bits per heavy atom. The fraction of sp³-hybridized carbons (Fsp3) is 0.655. The van der Waals surface area contributed by atoms with Crippen LogP contribution in [0.1, 0.15) is 119 Å². The maximum absolute atomic E-state index is 2.41. The predicted molar refractivity (Wildman–Crippen MR) is 132 cm³/mol. The minimum absolute atomic E-state index is 0. The van der Waals surface area contributed by atoms with Crippen LogP contribution in [0.3, 0.4) is 0 Å². The van der Waals surface area contributed by atoms with E-state index in [0.29, 0.717) is 0 Å². The first-order valence-corrected chi connectivity index (χ1v) is 12.6. The molecule has 172 valence electrons. The van der Waals surface area contributed by atoms with E-state index in [9.17, 15) is 0 Å². The van der Waals surface area contributed by atoms with Crippen LogP contribution in [0.4, 0.5) is 0 Å². The zero-order valence-corrected chi connectivity index (χ0v) is 21.5. The van der Waals surface area contributed by atoms with Crippen molar-refractivity contribution in [2.75, 3.05) is 0 Å². The van der Waals surface area contributed by atoms with E-state index in [1.54, 1.807) is 11.1 Å². The molecule has 0 nitrogen and oxygen atoms in total. The molecular formula is C29H48Fe. The Morgan fingerprint density at radius 3 is 1.47 bits per heavy atom. The summed E-state index contributed by atoms with van der Waals surface area (Å²) in [4.78, 5) is 0. The van der Waals surface area contributed by atoms with Gasteiger partial charge in [-0.2, -0.15) is 46.5 Å². The third kappa shape index (κ3) is 14.3. The Morgan fingerprint density at radius 1 is 0.700 bits per heavy atom. The number of aryl methyl sites for hydroxylation is 2. The molecule has 0 aromatic heterocycles. The van der Waals surface area contributed by atoms with Crippen LogP contribution in [-0.4, -0.2) is 0 Å². The molecule has 0 N–H and O–H groups in total. The molecule has 0 spiro atoms. The molecule has 0 saturated carbocycles. The predicted octanol–water partition coefficient (Wildman–Crippen LogP) is 9.76. The standard InChI is InChI=1S/C24H43.C5H5.Fe/c1-5-6-7-8-9-10-11-12-13-14-15-16-17-18-19-24-20-21(2)22(3)23(24)4;1-2-4-5-3-1;/h20H,5-19H2,1-4H3;1-5H;/q2*-1;+2. The Kier molecular flexibility index (Phi) is 19.6. The molecule has 0 saturated heterocycles. The smallest absolute Gasteiger partial charge is 0.214 e. The van der Waals surface area contributed by atoms with E-state index in [2.05, 4.69) is 33.8 Å². The van der Waals surface area contributed by atoms with Crippen molar-refractivity contribution in [2.24, 2.45) is 0 Å². The van der Waals surface area contributed by atoms with Crippen LogP contribution in [0.15, 0.2) is 36.4 Å². The van der Waals surface area contributed by atoms with E-state index >= 15 is 0 Å². The van der Waals surface area contributed by atoms with E-state index < -0.39 is 0 Å². The molecule has 0 aliphatic rings. The van der Waals surface area contributed by atoms with Crippen LogP contribution in [0, 0.1) is 20.8 Å². The fourth-order valence-corrected chi connectivity index (χ4v) is 4.10. The first kappa shape index (κ1) is 29.2. The monoisotopic (exact) mass is 452 g/mol. The zero-order chi connectivity index (χ0) is 21.2. The van der Waals surface area contributed by atoms with Gasteiger partial charge >= 0.3 is 17.1 Å². The zero-order valence-electron chi connectivity index (χ0n) is 20.4. The molecule has 0 fully saturated rings. The van der Waals surface area contributed by atoms with E-state index in [0.717, 1.165) is 0 Å². The summed E-state index contributed by atoms with van der Waals surface area (Å²) in [5.41, 5.74) is 6.13. The summed E-state index contributed by atoms with van der Waals surface area (Å²) in [5.74, 6) is 0. The van der Waals surface area contributed by atoms with Gasteiger partial charge in [0.25, 0.3) is 0 Å². The van der Waals surface area contributed by atoms with Gasteiger partial charge in [0.1, 0.15) is 0 Å². The molecule has 0 aliphatic carbocycles. The van der Waals surface area contributed by atoms with E-state index in [1.807, 2.05) is 30.3 Å². The molecular weight excluding hydrogens is 404 g/mol. The topological polar surface area (TPSA) is 0 Å². The van der Waals surface area contributed by atoms with Gasteiger partial charge in [-0.25, -0.2) is 12.1 Å². The Hall–Kier alpha value is -0.781. The molecule has 2 aromatic carbocycles. The first-order valence-electron chi connectivity index (χ1n) is 12.6. The van der Waals surface area contributed by atoms with Crippen LogP contribution in [0.25, 0.3) is 0 Å². The normalized spacial score (nSPS) is 10.4. The summed E-state index contributed by atoms with van der Waals surface area (Å²) < 4.78 is 0. The van der Waals surface area contributed by atoms with Crippen molar-refractivity contribution in [3.05, 3.63) is 58.7 Å². The van der Waals surface area contributed by atoms with Crippen LogP contribution in [0.2, 0.25) is 0 Å². The third-order valence-electron chi connectivity index (χ3n) is 6.38. The fourth-order valence-electron chi connectivity index (χ4n) is 4.10. The number of rotatable bonds is 15. The average molecular weight is 453 g/mol. The number of hydrogen-bond donors (Lipinski definition) is 0. The van der Waals surface area contributed by atoms with Crippen LogP contribution < -0.4 is 0 Å². The average Bonchev–Trinajstić information content (AvgIpc) is 3.38. The largest absolute Gasteiger partial charge is 2.00 e. The molecule has 1 heteroatoms. The Labute approximate surface area is 199 Å². The summed E-state index contributed by atoms with van der Waals surface area (Å²) in [6.07, 6.45) is 21.5. The summed E-state index contributed by atoms with van der Waals surface area (Å²) >= 11 is 0. The maximum atomic E-state index is 2.41. The summed E-state index contributed by atoms with van der Waals surface area (Å²) in [6, 6.07) is 12.4. The Bertz CT molecular complexity index is 559. The molecule has 0 radical (unpaired) electrons. The molecule has 0 unspecified atom stereocenters. The van der Waals surface area contributed by atoms with Crippen molar-refractivity contribution in [1.82, 2.24) is 0 Å². The van der Waals surface area contributed by atoms with Crippen molar-refractivity contribution >= 4 is 0 Å². The second-order valence-electron chi connectivity index (χ2n) is 8.91. The van der Waals surface area contributed by atoms with Gasteiger partial charge in [-0.15, -0.1) is 0 Å². The first-order chi connectivity index (χ1) is 14.2. The van der Waals surface area contributed by atoms with Gasteiger partial charge < -0.3 is 0 Å². The van der Waals surface area contributed by atoms with Crippen LogP contribution in [0.5, 0.6) is 0 Å².